The number of fused-ring (bicyclic) bond motifs is 2. The van der Waals surface area contributed by atoms with Crippen molar-refractivity contribution < 1.29 is 19.0 Å². The number of carbonyl (C=O) groups excluding carboxylic acids is 1. The number of benzene rings is 1. The fourth-order valence-corrected chi connectivity index (χ4v) is 5.82. The first kappa shape index (κ1) is 21.0. The van der Waals surface area contributed by atoms with E-state index in [-0.39, 0.29) is 45.8 Å². The Hall–Kier alpha value is -1.91. The van der Waals surface area contributed by atoms with Crippen LogP contribution < -0.4 is 0 Å². The molecule has 0 aliphatic carbocycles. The fourth-order valence-electron chi connectivity index (χ4n) is 3.88. The van der Waals surface area contributed by atoms with E-state index < -0.39 is 5.79 Å². The van der Waals surface area contributed by atoms with Gasteiger partial charge in [0.2, 0.25) is 5.28 Å². The van der Waals surface area contributed by atoms with Gasteiger partial charge in [-0.1, -0.05) is 29.8 Å². The molecule has 1 aromatic carbocycles. The Bertz CT molecular complexity index is 1140. The van der Waals surface area contributed by atoms with Gasteiger partial charge in [0, 0.05) is 0 Å². The van der Waals surface area contributed by atoms with Gasteiger partial charge in [0.25, 0.3) is 0 Å². The van der Waals surface area contributed by atoms with E-state index in [9.17, 15) is 4.79 Å². The molecule has 4 atom stereocenters. The molecule has 11 heteroatoms. The Morgan fingerprint density at radius 2 is 1.94 bits per heavy atom. The van der Waals surface area contributed by atoms with Crippen molar-refractivity contribution in [3.05, 3.63) is 52.7 Å². The van der Waals surface area contributed by atoms with Crippen LogP contribution in [0, 0.1) is 0 Å². The Morgan fingerprint density at radius 3 is 2.71 bits per heavy atom. The lowest BCUT2D eigenvalue weighted by molar-refractivity contribution is -0.149. The van der Waals surface area contributed by atoms with E-state index in [4.69, 9.17) is 37.4 Å². The molecule has 0 unspecified atom stereocenters. The number of ether oxygens (including phenoxy) is 3. The normalized spacial score (nSPS) is 26.8. The summed E-state index contributed by atoms with van der Waals surface area (Å²) in [5.41, 5.74) is 1.47. The van der Waals surface area contributed by atoms with Crippen molar-refractivity contribution in [2.24, 2.45) is 0 Å². The molecule has 2 aliphatic rings. The quantitative estimate of drug-likeness (QED) is 0.313. The summed E-state index contributed by atoms with van der Waals surface area (Å²) in [5.74, 6) is -1.14. The average molecular weight is 481 g/mol. The number of thioether (sulfide) groups is 1. The molecule has 2 aromatic heterocycles. The number of nitrogens with zero attached hydrogens (tertiary/aromatic N) is 4. The maximum atomic E-state index is 12.4. The number of hydrogen-bond donors (Lipinski definition) is 0. The van der Waals surface area contributed by atoms with Gasteiger partial charge >= 0.3 is 5.97 Å². The molecule has 2 fully saturated rings. The lowest BCUT2D eigenvalue weighted by atomic mass is 10.1. The molecule has 2 saturated heterocycles. The second kappa shape index (κ2) is 7.90. The highest BCUT2D eigenvalue weighted by atomic mass is 35.5. The van der Waals surface area contributed by atoms with Crippen LogP contribution in [0.3, 0.4) is 0 Å². The minimum Gasteiger partial charge on any atom is -0.461 e. The molecule has 4 heterocycles. The van der Waals surface area contributed by atoms with Crippen LogP contribution in [0.1, 0.15) is 29.6 Å². The van der Waals surface area contributed by atoms with Crippen LogP contribution in [0.2, 0.25) is 10.4 Å². The van der Waals surface area contributed by atoms with Crippen molar-refractivity contribution in [3.8, 4) is 0 Å². The molecule has 0 N–H and O–H groups in total. The van der Waals surface area contributed by atoms with E-state index in [1.807, 2.05) is 24.5 Å². The average Bonchev–Trinajstić information content (AvgIpc) is 3.38. The number of aromatic nitrogens is 4. The van der Waals surface area contributed by atoms with E-state index in [1.54, 1.807) is 42.4 Å². The van der Waals surface area contributed by atoms with Crippen molar-refractivity contribution in [3.63, 3.8) is 0 Å². The number of rotatable bonds is 4. The zero-order valence-electron chi connectivity index (χ0n) is 16.6. The molecule has 2 aliphatic heterocycles. The third kappa shape index (κ3) is 3.89. The minimum absolute atomic E-state index is 0.0380. The van der Waals surface area contributed by atoms with Crippen molar-refractivity contribution in [2.75, 3.05) is 6.61 Å². The van der Waals surface area contributed by atoms with Crippen LogP contribution in [-0.4, -0.2) is 55.3 Å². The third-order valence-corrected chi connectivity index (χ3v) is 7.10. The van der Waals surface area contributed by atoms with Gasteiger partial charge in [-0.15, -0.1) is 11.8 Å². The molecule has 8 nitrogen and oxygen atoms in total. The number of esters is 1. The lowest BCUT2D eigenvalue weighted by Gasteiger charge is -2.24. The largest absolute Gasteiger partial charge is 0.461 e. The van der Waals surface area contributed by atoms with Gasteiger partial charge in [0.05, 0.1) is 17.1 Å². The summed E-state index contributed by atoms with van der Waals surface area (Å²) in [5, 5.41) is -0.143. The lowest BCUT2D eigenvalue weighted by Crippen LogP contribution is -2.32. The molecule has 0 amide bonds. The zero-order chi connectivity index (χ0) is 21.8. The second-order valence-electron chi connectivity index (χ2n) is 7.70. The first-order chi connectivity index (χ1) is 14.8. The van der Waals surface area contributed by atoms with Gasteiger partial charge in [-0.05, 0) is 37.6 Å². The summed E-state index contributed by atoms with van der Waals surface area (Å²) < 4.78 is 19.8. The predicted octanol–water partition coefficient (Wildman–Crippen LogP) is 4.12. The number of imidazole rings is 1. The van der Waals surface area contributed by atoms with Gasteiger partial charge < -0.3 is 14.2 Å². The summed E-state index contributed by atoms with van der Waals surface area (Å²) in [6, 6.07) is 8.89. The Labute approximate surface area is 192 Å². The van der Waals surface area contributed by atoms with Crippen LogP contribution in [0.4, 0.5) is 0 Å². The van der Waals surface area contributed by atoms with Gasteiger partial charge in [-0.2, -0.15) is 4.98 Å². The molecule has 31 heavy (non-hydrogen) atoms. The summed E-state index contributed by atoms with van der Waals surface area (Å²) in [6.45, 7) is 3.91. The van der Waals surface area contributed by atoms with Crippen LogP contribution in [0.5, 0.6) is 0 Å². The Morgan fingerprint density at radius 1 is 1.19 bits per heavy atom. The summed E-state index contributed by atoms with van der Waals surface area (Å²) in [7, 11) is 0. The Balaban J connectivity index is 1.42. The SMILES string of the molecule is CC1(C)O[C@@H]2[C@H](O1)[C@@H](COC(=O)c1ccccc1)S[C@@H]2n1cnc2c(Cl)nc(Cl)nc21. The second-order valence-corrected chi connectivity index (χ2v) is 9.76. The maximum Gasteiger partial charge on any atom is 0.338 e. The molecule has 0 saturated carbocycles. The standard InChI is InChI=1S/C20H18Cl2N4O4S/c1-20(2)29-13-11(8-28-18(27)10-6-4-3-5-7-10)31-17(14(13)30-20)26-9-23-12-15(21)24-19(22)25-16(12)26/h3-7,9,11,13-14,17H,8H2,1-2H3/t11-,13-,14-,17+/m1/s1. The van der Waals surface area contributed by atoms with E-state index in [0.717, 1.165) is 0 Å². The van der Waals surface area contributed by atoms with E-state index in [1.165, 1.54) is 0 Å². The topological polar surface area (TPSA) is 88.4 Å². The molecule has 162 valence electrons. The zero-order valence-corrected chi connectivity index (χ0v) is 18.9. The highest BCUT2D eigenvalue weighted by molar-refractivity contribution is 8.00. The van der Waals surface area contributed by atoms with Crippen molar-refractivity contribution in [1.82, 2.24) is 19.5 Å². The summed E-state index contributed by atoms with van der Waals surface area (Å²) >= 11 is 13.8. The molecule has 0 bridgehead atoms. The molecule has 0 spiro atoms. The number of halogens is 2. The van der Waals surface area contributed by atoms with Crippen molar-refractivity contribution >= 4 is 52.1 Å². The van der Waals surface area contributed by atoms with Crippen LogP contribution in [0.25, 0.3) is 11.2 Å². The van der Waals surface area contributed by atoms with Gasteiger partial charge in [0.15, 0.2) is 16.6 Å². The maximum absolute atomic E-state index is 12.4. The molecule has 3 aromatic rings. The molecule has 5 rings (SSSR count). The first-order valence-corrected chi connectivity index (χ1v) is 11.3. The van der Waals surface area contributed by atoms with E-state index in [0.29, 0.717) is 16.7 Å². The minimum atomic E-state index is -0.767. The van der Waals surface area contributed by atoms with Gasteiger partial charge in [-0.25, -0.2) is 14.8 Å². The molecular weight excluding hydrogens is 463 g/mol. The third-order valence-electron chi connectivity index (χ3n) is 5.14. The highest BCUT2D eigenvalue weighted by Gasteiger charge is 2.56. The first-order valence-electron chi connectivity index (χ1n) is 9.61. The van der Waals surface area contributed by atoms with E-state index >= 15 is 0 Å². The predicted molar refractivity (Wildman–Crippen MR) is 116 cm³/mol. The van der Waals surface area contributed by atoms with Crippen LogP contribution in [-0.2, 0) is 14.2 Å². The number of carbonyl (C=O) groups is 1. The fraction of sp³-hybridized carbons (Fsp3) is 0.400. The highest BCUT2D eigenvalue weighted by Crippen LogP contribution is 2.51. The number of hydrogen-bond acceptors (Lipinski definition) is 8. The van der Waals surface area contributed by atoms with Crippen molar-refractivity contribution in [1.29, 1.82) is 0 Å². The monoisotopic (exact) mass is 480 g/mol. The van der Waals surface area contributed by atoms with Gasteiger partial charge in [0.1, 0.15) is 29.7 Å². The van der Waals surface area contributed by atoms with Crippen LogP contribution >= 0.6 is 35.0 Å². The Kier molecular flexibility index (Phi) is 5.34. The molecule has 0 radical (unpaired) electrons. The molecular formula is C20H18Cl2N4O4S. The smallest absolute Gasteiger partial charge is 0.338 e. The van der Waals surface area contributed by atoms with E-state index in [2.05, 4.69) is 15.0 Å². The van der Waals surface area contributed by atoms with Gasteiger partial charge in [-0.3, -0.25) is 4.57 Å². The summed E-state index contributed by atoms with van der Waals surface area (Å²) in [4.78, 5) is 25.0. The summed E-state index contributed by atoms with van der Waals surface area (Å²) in [6.07, 6.45) is 1.06. The van der Waals surface area contributed by atoms with Crippen LogP contribution in [0.15, 0.2) is 36.7 Å². The van der Waals surface area contributed by atoms with Crippen molar-refractivity contribution in [2.45, 2.75) is 42.5 Å².